The Morgan fingerprint density at radius 1 is 0.871 bits per heavy atom. The molecule has 3 aromatic carbocycles. The predicted octanol–water partition coefficient (Wildman–Crippen LogP) is 6.78. The maximum Gasteiger partial charge on any atom is 0.123 e. The van der Waals surface area contributed by atoms with E-state index in [9.17, 15) is 4.39 Å². The average molecular weight is 433 g/mol. The molecule has 0 aliphatic carbocycles. The van der Waals surface area contributed by atoms with E-state index in [4.69, 9.17) is 4.99 Å². The third-order valence-electron chi connectivity index (χ3n) is 5.70. The minimum absolute atomic E-state index is 0.159. The van der Waals surface area contributed by atoms with Gasteiger partial charge in [-0.15, -0.1) is 11.8 Å². The van der Waals surface area contributed by atoms with E-state index in [0.717, 1.165) is 37.1 Å². The summed E-state index contributed by atoms with van der Waals surface area (Å²) >= 11 is 1.87. The number of unbranched alkanes of at least 4 members (excludes halogenated alkanes) is 1. The van der Waals surface area contributed by atoms with Crippen molar-refractivity contribution in [2.45, 2.75) is 44.3 Å². The van der Waals surface area contributed by atoms with Crippen molar-refractivity contribution in [2.24, 2.45) is 4.99 Å². The first-order chi connectivity index (χ1) is 15.3. The second-order valence-corrected chi connectivity index (χ2v) is 9.07. The van der Waals surface area contributed by atoms with Gasteiger partial charge in [-0.2, -0.15) is 0 Å². The molecule has 0 aromatic heterocycles. The van der Waals surface area contributed by atoms with E-state index in [1.165, 1.54) is 34.7 Å². The van der Waals surface area contributed by atoms with Crippen molar-refractivity contribution >= 4 is 16.8 Å². The summed E-state index contributed by atoms with van der Waals surface area (Å²) in [5.74, 6) is 1.24. The Morgan fingerprint density at radius 2 is 1.52 bits per heavy atom. The van der Waals surface area contributed by atoms with Crippen LogP contribution in [0, 0.1) is 5.82 Å². The van der Waals surface area contributed by atoms with Crippen molar-refractivity contribution in [3.8, 4) is 0 Å². The Balaban J connectivity index is 1.24. The number of benzene rings is 3. The number of hydrogen-bond acceptors (Lipinski definition) is 3. The van der Waals surface area contributed by atoms with Crippen LogP contribution in [0.5, 0.6) is 0 Å². The summed E-state index contributed by atoms with van der Waals surface area (Å²) in [7, 11) is 0. The van der Waals surface area contributed by atoms with E-state index in [1.807, 2.05) is 23.9 Å². The van der Waals surface area contributed by atoms with Crippen LogP contribution in [0.1, 0.15) is 48.3 Å². The van der Waals surface area contributed by atoms with Crippen LogP contribution in [0.15, 0.2) is 89.9 Å². The molecule has 0 amide bonds. The number of aliphatic imine (C=N–C) groups is 1. The molecule has 0 saturated carbocycles. The lowest BCUT2D eigenvalue weighted by atomic mass is 9.87. The third kappa shape index (κ3) is 6.52. The van der Waals surface area contributed by atoms with Crippen LogP contribution in [0.4, 0.5) is 4.39 Å². The van der Waals surface area contributed by atoms with Crippen LogP contribution in [-0.2, 0) is 6.54 Å². The molecule has 1 heterocycles. The number of thioether (sulfide) groups is 1. The summed E-state index contributed by atoms with van der Waals surface area (Å²) in [5, 5.41) is 4.73. The molecule has 4 heteroatoms. The SMILES string of the molecule is Fc1ccc(CNC2CSC(CCCCC(c3ccccc3)c3ccccc3)=N2)cc1. The Morgan fingerprint density at radius 3 is 2.16 bits per heavy atom. The molecule has 0 spiro atoms. The summed E-state index contributed by atoms with van der Waals surface area (Å²) < 4.78 is 13.0. The van der Waals surface area contributed by atoms with Crippen molar-refractivity contribution in [2.75, 3.05) is 5.75 Å². The van der Waals surface area contributed by atoms with E-state index in [1.54, 1.807) is 0 Å². The Hall–Kier alpha value is -2.43. The number of hydrogen-bond donors (Lipinski definition) is 1. The van der Waals surface area contributed by atoms with Gasteiger partial charge in [-0.25, -0.2) is 4.39 Å². The molecular formula is C27H29FN2S. The van der Waals surface area contributed by atoms with Crippen LogP contribution in [-0.4, -0.2) is 17.0 Å². The van der Waals surface area contributed by atoms with Crippen LogP contribution in [0.3, 0.4) is 0 Å². The largest absolute Gasteiger partial charge is 0.291 e. The number of nitrogens with zero attached hydrogens (tertiary/aromatic N) is 1. The smallest absolute Gasteiger partial charge is 0.123 e. The number of halogens is 1. The Labute approximate surface area is 189 Å². The Bertz CT molecular complexity index is 918. The molecule has 160 valence electrons. The summed E-state index contributed by atoms with van der Waals surface area (Å²) in [6, 6.07) is 28.3. The number of nitrogens with one attached hydrogen (secondary N) is 1. The predicted molar refractivity (Wildman–Crippen MR) is 130 cm³/mol. The van der Waals surface area contributed by atoms with Gasteiger partial charge in [-0.1, -0.05) is 79.2 Å². The molecule has 3 aromatic rings. The molecule has 1 unspecified atom stereocenters. The molecule has 4 rings (SSSR count). The lowest BCUT2D eigenvalue weighted by molar-refractivity contribution is 0.578. The second kappa shape index (κ2) is 11.3. The first-order valence-electron chi connectivity index (χ1n) is 11.0. The standard InChI is InChI=1S/C27H29FN2S/c28-24-17-15-21(16-18-24)19-29-26-20-31-27(30-26)14-8-7-13-25(22-9-3-1-4-10-22)23-11-5-2-6-12-23/h1-6,9-12,15-18,25-26,29H,7-8,13-14,19-20H2. The minimum Gasteiger partial charge on any atom is -0.291 e. The molecule has 0 saturated heterocycles. The minimum atomic E-state index is -0.192. The maximum absolute atomic E-state index is 13.0. The molecule has 0 bridgehead atoms. The van der Waals surface area contributed by atoms with Crippen molar-refractivity contribution in [3.05, 3.63) is 107 Å². The van der Waals surface area contributed by atoms with Gasteiger partial charge in [-0.05, 0) is 48.1 Å². The lowest BCUT2D eigenvalue weighted by Gasteiger charge is -2.18. The van der Waals surface area contributed by atoms with Gasteiger partial charge in [0.2, 0.25) is 0 Å². The monoisotopic (exact) mass is 432 g/mol. The molecule has 1 aliphatic rings. The highest BCUT2D eigenvalue weighted by Crippen LogP contribution is 2.30. The first kappa shape index (κ1) is 21.8. The van der Waals surface area contributed by atoms with Crippen LogP contribution < -0.4 is 5.32 Å². The van der Waals surface area contributed by atoms with Crippen molar-refractivity contribution in [1.29, 1.82) is 0 Å². The van der Waals surface area contributed by atoms with Crippen molar-refractivity contribution < 1.29 is 4.39 Å². The van der Waals surface area contributed by atoms with Gasteiger partial charge >= 0.3 is 0 Å². The molecule has 1 aliphatic heterocycles. The van der Waals surface area contributed by atoms with Crippen LogP contribution in [0.25, 0.3) is 0 Å². The zero-order chi connectivity index (χ0) is 21.3. The van der Waals surface area contributed by atoms with E-state index in [0.29, 0.717) is 5.92 Å². The van der Waals surface area contributed by atoms with E-state index in [-0.39, 0.29) is 12.0 Å². The zero-order valence-electron chi connectivity index (χ0n) is 17.7. The summed E-state index contributed by atoms with van der Waals surface area (Å²) in [6.07, 6.45) is 4.70. The normalized spacial score (nSPS) is 15.9. The lowest BCUT2D eigenvalue weighted by Crippen LogP contribution is -2.26. The highest BCUT2D eigenvalue weighted by molar-refractivity contribution is 8.14. The molecule has 31 heavy (non-hydrogen) atoms. The topological polar surface area (TPSA) is 24.4 Å². The fourth-order valence-corrected chi connectivity index (χ4v) is 5.06. The van der Waals surface area contributed by atoms with Gasteiger partial charge < -0.3 is 0 Å². The van der Waals surface area contributed by atoms with Crippen LogP contribution >= 0.6 is 11.8 Å². The second-order valence-electron chi connectivity index (χ2n) is 7.98. The number of rotatable bonds is 10. The van der Waals surface area contributed by atoms with Gasteiger partial charge in [0.25, 0.3) is 0 Å². The maximum atomic E-state index is 13.0. The Kier molecular flexibility index (Phi) is 7.92. The summed E-state index contributed by atoms with van der Waals surface area (Å²) in [4.78, 5) is 4.85. The highest BCUT2D eigenvalue weighted by atomic mass is 32.2. The molecule has 0 fully saturated rings. The summed E-state index contributed by atoms with van der Waals surface area (Å²) in [5.41, 5.74) is 3.88. The highest BCUT2D eigenvalue weighted by Gasteiger charge is 2.18. The fraction of sp³-hybridized carbons (Fsp3) is 0.296. The van der Waals surface area contributed by atoms with Gasteiger partial charge in [0.05, 0.1) is 5.04 Å². The summed E-state index contributed by atoms with van der Waals surface area (Å²) in [6.45, 7) is 0.720. The van der Waals surface area contributed by atoms with Gasteiger partial charge in [0.1, 0.15) is 12.0 Å². The molecular weight excluding hydrogens is 403 g/mol. The van der Waals surface area contributed by atoms with E-state index in [2.05, 4.69) is 66.0 Å². The van der Waals surface area contributed by atoms with Crippen molar-refractivity contribution in [3.63, 3.8) is 0 Å². The van der Waals surface area contributed by atoms with Gasteiger partial charge in [0.15, 0.2) is 0 Å². The quantitative estimate of drug-likeness (QED) is 0.357. The molecule has 2 nitrogen and oxygen atoms in total. The average Bonchev–Trinajstić information content (AvgIpc) is 3.28. The van der Waals surface area contributed by atoms with Gasteiger partial charge in [0, 0.05) is 18.2 Å². The zero-order valence-corrected chi connectivity index (χ0v) is 18.5. The molecule has 1 atom stereocenters. The third-order valence-corrected chi connectivity index (χ3v) is 6.83. The van der Waals surface area contributed by atoms with Crippen molar-refractivity contribution in [1.82, 2.24) is 5.32 Å². The van der Waals surface area contributed by atoms with Gasteiger partial charge in [-0.3, -0.25) is 10.3 Å². The first-order valence-corrected chi connectivity index (χ1v) is 12.0. The van der Waals surface area contributed by atoms with Crippen LogP contribution in [0.2, 0.25) is 0 Å². The molecule has 1 N–H and O–H groups in total. The van der Waals surface area contributed by atoms with E-state index >= 15 is 0 Å². The fourth-order valence-electron chi connectivity index (χ4n) is 4.02. The molecule has 0 radical (unpaired) electrons. The van der Waals surface area contributed by atoms with E-state index < -0.39 is 0 Å².